The minimum absolute atomic E-state index is 0.00223. The highest BCUT2D eigenvalue weighted by Gasteiger charge is 2.38. The van der Waals surface area contributed by atoms with Gasteiger partial charge in [0.2, 0.25) is 0 Å². The molecule has 3 unspecified atom stereocenters. The smallest absolute Gasteiger partial charge is 0.349 e. The van der Waals surface area contributed by atoms with Crippen LogP contribution in [0, 0.1) is 25.2 Å². The molecule has 8 heteroatoms. The van der Waals surface area contributed by atoms with E-state index >= 15 is 0 Å². The summed E-state index contributed by atoms with van der Waals surface area (Å²) in [4.78, 5) is 31.4. The van der Waals surface area contributed by atoms with Gasteiger partial charge in [-0.25, -0.2) is 9.78 Å². The first-order chi connectivity index (χ1) is 18.3. The lowest BCUT2D eigenvalue weighted by atomic mass is 9.94. The molecule has 5 rings (SSSR count). The van der Waals surface area contributed by atoms with Gasteiger partial charge in [0.1, 0.15) is 17.3 Å². The number of benzene rings is 1. The summed E-state index contributed by atoms with van der Waals surface area (Å²) in [5.41, 5.74) is 5.82. The molecule has 8 nitrogen and oxygen atoms in total. The van der Waals surface area contributed by atoms with Crippen molar-refractivity contribution in [3.05, 3.63) is 93.3 Å². The Morgan fingerprint density at radius 3 is 2.42 bits per heavy atom. The van der Waals surface area contributed by atoms with Crippen LogP contribution in [0.3, 0.4) is 0 Å². The van der Waals surface area contributed by atoms with Crippen molar-refractivity contribution < 1.29 is 0 Å². The van der Waals surface area contributed by atoms with Crippen molar-refractivity contribution in [3.8, 4) is 6.07 Å². The first-order valence-corrected chi connectivity index (χ1v) is 13.1. The molecule has 0 aliphatic carbocycles. The number of anilines is 1. The summed E-state index contributed by atoms with van der Waals surface area (Å²) in [7, 11) is 1.69. The summed E-state index contributed by atoms with van der Waals surface area (Å²) in [6.07, 6.45) is 2.85. The molecule has 3 atom stereocenters. The number of nitriles is 1. The average Bonchev–Trinajstić information content (AvgIpc) is 2.93. The van der Waals surface area contributed by atoms with Gasteiger partial charge in [-0.05, 0) is 56.5 Å². The fraction of sp³-hybridized carbons (Fsp3) is 0.367. The monoisotopic (exact) mass is 507 g/mol. The Kier molecular flexibility index (Phi) is 6.96. The lowest BCUT2D eigenvalue weighted by Gasteiger charge is -2.48. The molecule has 1 aliphatic heterocycles. The zero-order valence-corrected chi connectivity index (χ0v) is 22.6. The molecule has 1 aliphatic rings. The second kappa shape index (κ2) is 10.3. The first kappa shape index (κ1) is 25.6. The molecule has 0 spiro atoms. The molecule has 0 saturated carbocycles. The van der Waals surface area contributed by atoms with Crippen LogP contribution in [-0.4, -0.2) is 49.6 Å². The van der Waals surface area contributed by atoms with Gasteiger partial charge in [0.25, 0.3) is 0 Å². The van der Waals surface area contributed by atoms with Crippen molar-refractivity contribution in [2.24, 2.45) is 7.05 Å². The highest BCUT2D eigenvalue weighted by atomic mass is 16.1. The van der Waals surface area contributed by atoms with Crippen LogP contribution in [0.5, 0.6) is 0 Å². The lowest BCUT2D eigenvalue weighted by Crippen LogP contribution is -2.58. The van der Waals surface area contributed by atoms with E-state index in [1.165, 1.54) is 15.7 Å². The number of fused-ring (bicyclic) bond motifs is 1. The minimum Gasteiger partial charge on any atom is -0.349 e. The van der Waals surface area contributed by atoms with Gasteiger partial charge in [-0.2, -0.15) is 10.2 Å². The Bertz CT molecular complexity index is 1510. The van der Waals surface area contributed by atoms with Crippen LogP contribution in [0.4, 0.5) is 5.82 Å². The molecule has 1 fully saturated rings. The summed E-state index contributed by atoms with van der Waals surface area (Å²) < 4.78 is 1.49. The molecular weight excluding hydrogens is 474 g/mol. The molecule has 0 radical (unpaired) electrons. The molecule has 0 amide bonds. The van der Waals surface area contributed by atoms with Crippen LogP contribution < -0.4 is 10.6 Å². The predicted octanol–water partition coefficient (Wildman–Crippen LogP) is 4.29. The standard InChI is InChI=1S/C30H33N7O/c1-6-24-18-36(29-27-26(35(5)30(38)34-29)14-12-23(15-31)33-27)21(4)17-37(24)28(22-10-7-19(2)8-11-22)25-13-9-20(3)16-32-25/h7-14,16,21,24,28H,6,17-18H2,1-5H3. The average molecular weight is 508 g/mol. The van der Waals surface area contributed by atoms with Crippen molar-refractivity contribution >= 4 is 16.9 Å². The first-order valence-electron chi connectivity index (χ1n) is 13.1. The Morgan fingerprint density at radius 1 is 1.03 bits per heavy atom. The molecule has 38 heavy (non-hydrogen) atoms. The zero-order valence-electron chi connectivity index (χ0n) is 22.6. The van der Waals surface area contributed by atoms with Gasteiger partial charge in [-0.15, -0.1) is 0 Å². The van der Waals surface area contributed by atoms with Crippen LogP contribution in [-0.2, 0) is 7.05 Å². The normalized spacial score (nSPS) is 18.9. The van der Waals surface area contributed by atoms with Crippen LogP contribution in [0.25, 0.3) is 11.0 Å². The maximum atomic E-state index is 12.8. The Hall–Kier alpha value is -4.09. The van der Waals surface area contributed by atoms with Crippen molar-refractivity contribution in [3.63, 3.8) is 0 Å². The third kappa shape index (κ3) is 4.66. The number of pyridine rings is 2. The Balaban J connectivity index is 1.58. The van der Waals surface area contributed by atoms with Crippen molar-refractivity contribution in [2.45, 2.75) is 52.2 Å². The fourth-order valence-electron chi connectivity index (χ4n) is 5.43. The number of nitrogens with zero attached hydrogens (tertiary/aromatic N) is 7. The van der Waals surface area contributed by atoms with E-state index in [0.29, 0.717) is 29.1 Å². The number of hydrogen-bond acceptors (Lipinski definition) is 7. The van der Waals surface area contributed by atoms with E-state index in [1.54, 1.807) is 19.2 Å². The number of rotatable bonds is 5. The number of piperazine rings is 1. The summed E-state index contributed by atoms with van der Waals surface area (Å²) in [6.45, 7) is 9.95. The van der Waals surface area contributed by atoms with Crippen molar-refractivity contribution in [2.75, 3.05) is 18.0 Å². The largest absolute Gasteiger partial charge is 0.349 e. The summed E-state index contributed by atoms with van der Waals surface area (Å²) >= 11 is 0. The molecule has 3 aromatic heterocycles. The maximum Gasteiger partial charge on any atom is 0.349 e. The Labute approximate surface area is 223 Å². The third-order valence-electron chi connectivity index (χ3n) is 7.62. The van der Waals surface area contributed by atoms with Gasteiger partial charge >= 0.3 is 5.69 Å². The van der Waals surface area contributed by atoms with Gasteiger partial charge < -0.3 is 4.90 Å². The third-order valence-corrected chi connectivity index (χ3v) is 7.62. The second-order valence-corrected chi connectivity index (χ2v) is 10.3. The molecule has 4 heterocycles. The van der Waals surface area contributed by atoms with E-state index in [1.807, 2.05) is 6.20 Å². The zero-order chi connectivity index (χ0) is 27.0. The number of hydrogen-bond donors (Lipinski definition) is 0. The van der Waals surface area contributed by atoms with Crippen molar-refractivity contribution in [1.82, 2.24) is 24.4 Å². The predicted molar refractivity (Wildman–Crippen MR) is 149 cm³/mol. The summed E-state index contributed by atoms with van der Waals surface area (Å²) in [5, 5.41) is 9.47. The van der Waals surface area contributed by atoms with E-state index in [0.717, 1.165) is 24.2 Å². The summed E-state index contributed by atoms with van der Waals surface area (Å²) in [5.74, 6) is 0.547. The van der Waals surface area contributed by atoms with E-state index in [-0.39, 0.29) is 23.8 Å². The highest BCUT2D eigenvalue weighted by molar-refractivity contribution is 5.86. The molecule has 1 saturated heterocycles. The van der Waals surface area contributed by atoms with Gasteiger partial charge in [0.15, 0.2) is 5.82 Å². The second-order valence-electron chi connectivity index (χ2n) is 10.3. The van der Waals surface area contributed by atoms with Crippen LogP contribution in [0.15, 0.2) is 59.5 Å². The van der Waals surface area contributed by atoms with Gasteiger partial charge in [-0.1, -0.05) is 42.8 Å². The Morgan fingerprint density at radius 2 is 1.76 bits per heavy atom. The lowest BCUT2D eigenvalue weighted by molar-refractivity contribution is 0.113. The molecule has 194 valence electrons. The number of aromatic nitrogens is 4. The maximum absolute atomic E-state index is 12.8. The minimum atomic E-state index is -0.330. The van der Waals surface area contributed by atoms with Crippen LogP contribution in [0.1, 0.15) is 54.4 Å². The van der Waals surface area contributed by atoms with E-state index in [9.17, 15) is 10.1 Å². The highest BCUT2D eigenvalue weighted by Crippen LogP contribution is 2.35. The molecular formula is C30H33N7O. The number of aryl methyl sites for hydroxylation is 3. The fourth-order valence-corrected chi connectivity index (χ4v) is 5.43. The topological polar surface area (TPSA) is 90.9 Å². The van der Waals surface area contributed by atoms with Crippen molar-refractivity contribution in [1.29, 1.82) is 5.26 Å². The molecule has 0 bridgehead atoms. The van der Waals surface area contributed by atoms with Gasteiger partial charge in [0.05, 0.1) is 17.3 Å². The summed E-state index contributed by atoms with van der Waals surface area (Å²) in [6, 6.07) is 18.8. The van der Waals surface area contributed by atoms with Gasteiger partial charge in [0, 0.05) is 38.4 Å². The van der Waals surface area contributed by atoms with Crippen LogP contribution >= 0.6 is 0 Å². The van der Waals surface area contributed by atoms with E-state index in [4.69, 9.17) is 4.98 Å². The van der Waals surface area contributed by atoms with Crippen LogP contribution in [0.2, 0.25) is 0 Å². The molecule has 4 aromatic rings. The SMILES string of the molecule is CCC1CN(c2nc(=O)n(C)c3ccc(C#N)nc23)C(C)CN1C(c1ccc(C)cc1)c1ccc(C)cn1. The van der Waals surface area contributed by atoms with E-state index < -0.39 is 0 Å². The van der Waals surface area contributed by atoms with Gasteiger partial charge in [-0.3, -0.25) is 14.5 Å². The van der Waals surface area contributed by atoms with E-state index in [2.05, 4.69) is 89.9 Å². The molecule has 1 aromatic carbocycles. The quantitative estimate of drug-likeness (QED) is 0.398. The molecule has 0 N–H and O–H groups in total.